The first-order chi connectivity index (χ1) is 16.5. The molecule has 3 fully saturated rings. The number of rotatable bonds is 10. The van der Waals surface area contributed by atoms with Crippen LogP contribution in [0.5, 0.6) is 0 Å². The van der Waals surface area contributed by atoms with Crippen LogP contribution in [-0.2, 0) is 0 Å². The predicted octanol–water partition coefficient (Wildman–Crippen LogP) is 6.09. The fourth-order valence-electron chi connectivity index (χ4n) is 7.66. The molecule has 0 aromatic rings. The van der Waals surface area contributed by atoms with Crippen molar-refractivity contribution in [2.75, 3.05) is 6.61 Å². The van der Waals surface area contributed by atoms with Crippen molar-refractivity contribution in [3.63, 3.8) is 0 Å². The van der Waals surface area contributed by atoms with Crippen molar-refractivity contribution in [1.82, 2.24) is 0 Å². The summed E-state index contributed by atoms with van der Waals surface area (Å²) in [7, 11) is 0. The summed E-state index contributed by atoms with van der Waals surface area (Å²) in [6.07, 6.45) is 15.3. The van der Waals surface area contributed by atoms with Gasteiger partial charge in [-0.1, -0.05) is 57.4 Å². The number of fused-ring (bicyclic) bond motifs is 1. The van der Waals surface area contributed by atoms with E-state index >= 15 is 0 Å². The lowest BCUT2D eigenvalue weighted by atomic mass is 9.60. The highest BCUT2D eigenvalue weighted by molar-refractivity contribution is 5.39. The molecule has 4 N–H and O–H groups in total. The topological polar surface area (TPSA) is 80.9 Å². The smallest absolute Gasteiger partial charge is 0.0839 e. The van der Waals surface area contributed by atoms with Crippen LogP contribution >= 0.6 is 0 Å². The van der Waals surface area contributed by atoms with Crippen LogP contribution in [0.25, 0.3) is 0 Å². The van der Waals surface area contributed by atoms with Crippen LogP contribution in [0.15, 0.2) is 35.5 Å². The van der Waals surface area contributed by atoms with Crippen molar-refractivity contribution in [1.29, 1.82) is 0 Å². The zero-order chi connectivity index (χ0) is 25.8. The molecule has 0 radical (unpaired) electrons. The molecule has 0 heterocycles. The summed E-state index contributed by atoms with van der Waals surface area (Å²) in [5, 5.41) is 40.7. The van der Waals surface area contributed by atoms with E-state index < -0.39 is 17.8 Å². The molecule has 7 atom stereocenters. The van der Waals surface area contributed by atoms with Gasteiger partial charge in [-0.15, -0.1) is 0 Å². The largest absolute Gasteiger partial charge is 0.396 e. The van der Waals surface area contributed by atoms with E-state index in [1.807, 2.05) is 13.8 Å². The van der Waals surface area contributed by atoms with Gasteiger partial charge in [0.1, 0.15) is 0 Å². The summed E-state index contributed by atoms with van der Waals surface area (Å²) in [6, 6.07) is 0. The highest BCUT2D eigenvalue weighted by Gasteiger charge is 2.50. The van der Waals surface area contributed by atoms with Gasteiger partial charge in [0, 0.05) is 12.5 Å². The molecule has 35 heavy (non-hydrogen) atoms. The molecule has 0 unspecified atom stereocenters. The van der Waals surface area contributed by atoms with Crippen LogP contribution in [-0.4, -0.2) is 44.8 Å². The van der Waals surface area contributed by atoms with Gasteiger partial charge in [-0.25, -0.2) is 0 Å². The minimum atomic E-state index is -0.709. The first-order valence-corrected chi connectivity index (χ1v) is 14.3. The van der Waals surface area contributed by atoms with Gasteiger partial charge in [-0.3, -0.25) is 0 Å². The van der Waals surface area contributed by atoms with Gasteiger partial charge in [0.05, 0.1) is 17.8 Å². The van der Waals surface area contributed by atoms with Gasteiger partial charge in [-0.2, -0.15) is 0 Å². The van der Waals surface area contributed by atoms with E-state index in [9.17, 15) is 15.3 Å². The summed E-state index contributed by atoms with van der Waals surface area (Å²) < 4.78 is 0. The number of hydrogen-bond donors (Lipinski definition) is 4. The van der Waals surface area contributed by atoms with Crippen LogP contribution < -0.4 is 0 Å². The van der Waals surface area contributed by atoms with Crippen LogP contribution in [0.4, 0.5) is 0 Å². The molecule has 0 aromatic carbocycles. The van der Waals surface area contributed by atoms with Gasteiger partial charge in [0.25, 0.3) is 0 Å². The summed E-state index contributed by atoms with van der Waals surface area (Å²) in [5.41, 5.74) is 3.05. The molecule has 3 rings (SSSR count). The molecule has 0 saturated heterocycles. The first kappa shape index (κ1) is 28.6. The molecule has 4 nitrogen and oxygen atoms in total. The Balaban J connectivity index is 1.67. The summed E-state index contributed by atoms with van der Waals surface area (Å²) in [5.74, 6) is 1.84. The molecule has 3 aliphatic carbocycles. The maximum Gasteiger partial charge on any atom is 0.0839 e. The van der Waals surface area contributed by atoms with Gasteiger partial charge in [0.15, 0.2) is 0 Å². The van der Waals surface area contributed by atoms with Gasteiger partial charge in [-0.05, 0) is 106 Å². The normalized spacial score (nSPS) is 37.1. The van der Waals surface area contributed by atoms with Crippen LogP contribution in [0.3, 0.4) is 0 Å². The molecule has 4 heteroatoms. The summed E-state index contributed by atoms with van der Waals surface area (Å²) >= 11 is 0. The Kier molecular flexibility index (Phi) is 9.87. The fourth-order valence-corrected chi connectivity index (χ4v) is 7.66. The Morgan fingerprint density at radius 1 is 1.14 bits per heavy atom. The lowest BCUT2D eigenvalue weighted by Gasteiger charge is -2.44. The maximum absolute atomic E-state index is 10.8. The Hall–Kier alpha value is -0.940. The van der Waals surface area contributed by atoms with E-state index in [1.54, 1.807) is 5.57 Å². The second-order valence-electron chi connectivity index (χ2n) is 12.8. The number of hydrogen-bond acceptors (Lipinski definition) is 4. The lowest BCUT2D eigenvalue weighted by Crippen LogP contribution is -2.38. The Labute approximate surface area is 214 Å². The molecule has 200 valence electrons. The summed E-state index contributed by atoms with van der Waals surface area (Å²) in [4.78, 5) is 0. The molecule has 0 aromatic heterocycles. The third-order valence-corrected chi connectivity index (χ3v) is 9.72. The summed E-state index contributed by atoms with van der Waals surface area (Å²) in [6.45, 7) is 13.1. The zero-order valence-corrected chi connectivity index (χ0v) is 22.8. The molecule has 0 amide bonds. The van der Waals surface area contributed by atoms with E-state index in [2.05, 4.69) is 32.6 Å². The van der Waals surface area contributed by atoms with E-state index in [0.717, 1.165) is 42.7 Å². The van der Waals surface area contributed by atoms with Gasteiger partial charge in [0.2, 0.25) is 0 Å². The van der Waals surface area contributed by atoms with E-state index in [0.29, 0.717) is 36.5 Å². The van der Waals surface area contributed by atoms with E-state index in [1.165, 1.54) is 32.1 Å². The first-order valence-electron chi connectivity index (χ1n) is 14.3. The SMILES string of the molecule is C=C1/C(=C\C=C2/CCC[C@]3(C)[C@@H]([C@H](C)CCCC(C)(C)O)CC[C@@H]23)C[C@H](O)[C@@H](CCCCO)[C@H]1O. The molecular formula is C31H52O4. The van der Waals surface area contributed by atoms with Crippen molar-refractivity contribution in [2.45, 2.75) is 123 Å². The molecule has 3 saturated carbocycles. The Bertz CT molecular complexity index is 775. The average molecular weight is 489 g/mol. The second kappa shape index (κ2) is 12.1. The quantitative estimate of drug-likeness (QED) is 0.280. The molecule has 0 bridgehead atoms. The number of aliphatic hydroxyl groups excluding tert-OH is 3. The maximum atomic E-state index is 10.8. The Morgan fingerprint density at radius 2 is 1.89 bits per heavy atom. The minimum Gasteiger partial charge on any atom is -0.396 e. The highest BCUT2D eigenvalue weighted by Crippen LogP contribution is 2.60. The molecule has 3 aliphatic rings. The molecular weight excluding hydrogens is 436 g/mol. The van der Waals surface area contributed by atoms with Crippen molar-refractivity contribution < 1.29 is 20.4 Å². The molecule has 0 spiro atoms. The number of allylic oxidation sites excluding steroid dienone is 3. The third kappa shape index (κ3) is 6.89. The molecule has 0 aliphatic heterocycles. The van der Waals surface area contributed by atoms with Gasteiger partial charge >= 0.3 is 0 Å². The Morgan fingerprint density at radius 3 is 2.57 bits per heavy atom. The van der Waals surface area contributed by atoms with Crippen LogP contribution in [0, 0.1) is 29.1 Å². The number of unbranched alkanes of at least 4 members (excludes halogenated alkanes) is 1. The number of aliphatic hydroxyl groups is 4. The third-order valence-electron chi connectivity index (χ3n) is 9.72. The average Bonchev–Trinajstić information content (AvgIpc) is 3.14. The van der Waals surface area contributed by atoms with E-state index in [-0.39, 0.29) is 12.5 Å². The standard InChI is InChI=1S/C31H52O4/c1-21(10-8-17-30(3,4)35)26-15-16-27-23(11-9-18-31(26,27)5)13-14-24-20-28(33)25(12-6-7-19-32)29(34)22(24)2/h13-14,21,25-29,32-35H,2,6-12,15-20H2,1,3-5H3/b23-13+,24-14-/t21-,25-,26-,27+,28+,29+,31-/m1/s1. The van der Waals surface area contributed by atoms with Crippen molar-refractivity contribution in [3.05, 3.63) is 35.5 Å². The lowest BCUT2D eigenvalue weighted by molar-refractivity contribution is 0.0124. The van der Waals surface area contributed by atoms with Crippen molar-refractivity contribution in [3.8, 4) is 0 Å². The van der Waals surface area contributed by atoms with Gasteiger partial charge < -0.3 is 20.4 Å². The fraction of sp³-hybridized carbons (Fsp3) is 0.806. The second-order valence-corrected chi connectivity index (χ2v) is 12.8. The minimum absolute atomic E-state index is 0.152. The highest BCUT2D eigenvalue weighted by atomic mass is 16.3. The van der Waals surface area contributed by atoms with Crippen LogP contribution in [0.1, 0.15) is 105 Å². The monoisotopic (exact) mass is 488 g/mol. The van der Waals surface area contributed by atoms with E-state index in [4.69, 9.17) is 5.11 Å². The predicted molar refractivity (Wildman–Crippen MR) is 144 cm³/mol. The zero-order valence-electron chi connectivity index (χ0n) is 22.8. The van der Waals surface area contributed by atoms with Crippen molar-refractivity contribution in [2.24, 2.45) is 29.1 Å². The van der Waals surface area contributed by atoms with Crippen LogP contribution in [0.2, 0.25) is 0 Å². The van der Waals surface area contributed by atoms with Crippen molar-refractivity contribution >= 4 is 0 Å².